The van der Waals surface area contributed by atoms with Crippen molar-refractivity contribution in [3.63, 3.8) is 0 Å². The van der Waals surface area contributed by atoms with Crippen LogP contribution in [-0.4, -0.2) is 29.7 Å². The highest BCUT2D eigenvalue weighted by atomic mass is 32.2. The van der Waals surface area contributed by atoms with E-state index in [1.807, 2.05) is 6.92 Å². The molecular weight excluding hydrogens is 286 g/mol. The Morgan fingerprint density at radius 1 is 1.43 bits per heavy atom. The van der Waals surface area contributed by atoms with Gasteiger partial charge in [0.1, 0.15) is 5.82 Å². The summed E-state index contributed by atoms with van der Waals surface area (Å²) in [5.74, 6) is 1.48. The molecule has 1 aliphatic rings. The highest BCUT2D eigenvalue weighted by Gasteiger charge is 2.32. The van der Waals surface area contributed by atoms with E-state index in [0.29, 0.717) is 18.2 Å². The number of unbranched alkanes of at least 4 members (excludes halogenated alkanes) is 1. The molecule has 1 saturated heterocycles. The van der Waals surface area contributed by atoms with Crippen molar-refractivity contribution in [2.75, 3.05) is 17.2 Å². The molecule has 120 valence electrons. The predicted octanol–water partition coefficient (Wildman–Crippen LogP) is 2.82. The van der Waals surface area contributed by atoms with Crippen molar-refractivity contribution in [3.8, 4) is 0 Å². The van der Waals surface area contributed by atoms with Crippen LogP contribution in [-0.2, 0) is 9.84 Å². The molecule has 2 atom stereocenters. The minimum atomic E-state index is -2.92. The molecule has 1 fully saturated rings. The molecule has 5 nitrogen and oxygen atoms in total. The monoisotopic (exact) mass is 313 g/mol. The summed E-state index contributed by atoms with van der Waals surface area (Å²) in [6.45, 7) is 6.37. The average Bonchev–Trinajstić information content (AvgIpc) is 2.93. The van der Waals surface area contributed by atoms with E-state index in [1.165, 1.54) is 12.8 Å². The second-order valence-electron chi connectivity index (χ2n) is 6.14. The van der Waals surface area contributed by atoms with E-state index in [0.717, 1.165) is 24.1 Å². The average molecular weight is 313 g/mol. The minimum absolute atomic E-state index is 0.0915. The van der Waals surface area contributed by atoms with E-state index in [9.17, 15) is 8.42 Å². The smallest absolute Gasteiger partial charge is 0.152 e. The van der Waals surface area contributed by atoms with Gasteiger partial charge in [-0.1, -0.05) is 26.7 Å². The number of anilines is 1. The highest BCUT2D eigenvalue weighted by molar-refractivity contribution is 7.91. The molecule has 0 bridgehead atoms. The Balaban J connectivity index is 2.27. The molecule has 0 aliphatic carbocycles. The lowest BCUT2D eigenvalue weighted by atomic mass is 9.93. The van der Waals surface area contributed by atoms with Crippen molar-refractivity contribution >= 4 is 15.7 Å². The minimum Gasteiger partial charge on any atom is -0.384 e. The maximum atomic E-state index is 11.7. The zero-order valence-electron chi connectivity index (χ0n) is 13.3. The van der Waals surface area contributed by atoms with Crippen LogP contribution in [0.4, 0.5) is 5.82 Å². The van der Waals surface area contributed by atoms with E-state index in [-0.39, 0.29) is 17.5 Å². The first-order chi connectivity index (χ1) is 9.89. The number of hydrogen-bond donors (Lipinski definition) is 1. The van der Waals surface area contributed by atoms with Crippen molar-refractivity contribution < 1.29 is 8.42 Å². The van der Waals surface area contributed by atoms with Gasteiger partial charge >= 0.3 is 0 Å². The highest BCUT2D eigenvalue weighted by Crippen LogP contribution is 2.33. The molecule has 1 aromatic rings. The standard InChI is InChI=1S/C15H27N3O2S/c1-4-6-7-12(5-2)14-11(3)15(16)18(17-14)13-8-9-21(19,20)10-13/h12-13H,4-10,16H2,1-3H3. The van der Waals surface area contributed by atoms with Crippen LogP contribution in [0.2, 0.25) is 0 Å². The molecule has 0 saturated carbocycles. The van der Waals surface area contributed by atoms with Crippen LogP contribution >= 0.6 is 0 Å². The van der Waals surface area contributed by atoms with E-state index < -0.39 is 9.84 Å². The second kappa shape index (κ2) is 6.38. The van der Waals surface area contributed by atoms with Gasteiger partial charge in [-0.3, -0.25) is 0 Å². The topological polar surface area (TPSA) is 78.0 Å². The molecule has 2 N–H and O–H groups in total. The van der Waals surface area contributed by atoms with E-state index in [2.05, 4.69) is 13.8 Å². The van der Waals surface area contributed by atoms with Gasteiger partial charge in [-0.2, -0.15) is 5.10 Å². The van der Waals surface area contributed by atoms with E-state index in [4.69, 9.17) is 10.8 Å². The zero-order valence-corrected chi connectivity index (χ0v) is 14.1. The first-order valence-corrected chi connectivity index (χ1v) is 9.76. The van der Waals surface area contributed by atoms with Crippen LogP contribution in [0.15, 0.2) is 0 Å². The normalized spacial score (nSPS) is 22.5. The summed E-state index contributed by atoms with van der Waals surface area (Å²) in [5, 5.41) is 4.71. The zero-order chi connectivity index (χ0) is 15.6. The maximum absolute atomic E-state index is 11.7. The molecule has 1 aliphatic heterocycles. The fraction of sp³-hybridized carbons (Fsp3) is 0.800. The number of sulfone groups is 1. The number of aromatic nitrogens is 2. The molecule has 0 radical (unpaired) electrons. The molecule has 6 heteroatoms. The molecule has 21 heavy (non-hydrogen) atoms. The summed E-state index contributed by atoms with van der Waals surface area (Å²) >= 11 is 0. The Kier molecular flexibility index (Phi) is 4.96. The molecule has 0 amide bonds. The third-order valence-electron chi connectivity index (χ3n) is 4.57. The first-order valence-electron chi connectivity index (χ1n) is 7.94. The number of nitrogens with two attached hydrogens (primary N) is 1. The Labute approximate surface area is 127 Å². The molecular formula is C15H27N3O2S. The third kappa shape index (κ3) is 3.42. The number of hydrogen-bond acceptors (Lipinski definition) is 4. The Morgan fingerprint density at radius 2 is 2.14 bits per heavy atom. The molecule has 0 aromatic carbocycles. The van der Waals surface area contributed by atoms with Gasteiger partial charge in [0.25, 0.3) is 0 Å². The van der Waals surface area contributed by atoms with Gasteiger partial charge in [0, 0.05) is 11.5 Å². The van der Waals surface area contributed by atoms with Crippen molar-refractivity contribution in [1.82, 2.24) is 9.78 Å². The van der Waals surface area contributed by atoms with Crippen LogP contribution in [0.5, 0.6) is 0 Å². The first kappa shape index (κ1) is 16.3. The van der Waals surface area contributed by atoms with E-state index in [1.54, 1.807) is 4.68 Å². The van der Waals surface area contributed by atoms with E-state index >= 15 is 0 Å². The van der Waals surface area contributed by atoms with Gasteiger partial charge in [0.2, 0.25) is 0 Å². The number of nitrogens with zero attached hydrogens (tertiary/aromatic N) is 2. The van der Waals surface area contributed by atoms with Crippen LogP contribution in [0.1, 0.15) is 69.2 Å². The fourth-order valence-electron chi connectivity index (χ4n) is 3.17. The summed E-state index contributed by atoms with van der Waals surface area (Å²) in [6.07, 6.45) is 5.14. The molecule has 2 unspecified atom stereocenters. The largest absolute Gasteiger partial charge is 0.384 e. The third-order valence-corrected chi connectivity index (χ3v) is 6.32. The van der Waals surface area contributed by atoms with Crippen molar-refractivity contribution in [2.45, 2.75) is 64.8 Å². The SMILES string of the molecule is CCCCC(CC)c1nn(C2CCS(=O)(=O)C2)c(N)c1C. The molecule has 0 spiro atoms. The maximum Gasteiger partial charge on any atom is 0.152 e. The number of rotatable bonds is 6. The lowest BCUT2D eigenvalue weighted by Gasteiger charge is -2.13. The van der Waals surface area contributed by atoms with Crippen LogP contribution in [0, 0.1) is 6.92 Å². The molecule has 1 aromatic heterocycles. The number of nitrogen functional groups attached to an aromatic ring is 1. The quantitative estimate of drug-likeness (QED) is 0.876. The predicted molar refractivity (Wildman–Crippen MR) is 86.2 cm³/mol. The molecule has 2 rings (SSSR count). The van der Waals surface area contributed by atoms with Crippen LogP contribution in [0.25, 0.3) is 0 Å². The van der Waals surface area contributed by atoms with Gasteiger partial charge in [0.15, 0.2) is 9.84 Å². The van der Waals surface area contributed by atoms with Crippen LogP contribution < -0.4 is 5.73 Å². The summed E-state index contributed by atoms with van der Waals surface area (Å²) in [7, 11) is -2.92. The summed E-state index contributed by atoms with van der Waals surface area (Å²) in [5.41, 5.74) is 8.29. The lowest BCUT2D eigenvalue weighted by molar-refractivity contribution is 0.484. The van der Waals surface area contributed by atoms with Gasteiger partial charge in [0.05, 0.1) is 23.2 Å². The van der Waals surface area contributed by atoms with Gasteiger partial charge < -0.3 is 5.73 Å². The Hall–Kier alpha value is -1.04. The van der Waals surface area contributed by atoms with Crippen molar-refractivity contribution in [1.29, 1.82) is 0 Å². The Morgan fingerprint density at radius 3 is 2.67 bits per heavy atom. The summed E-state index contributed by atoms with van der Waals surface area (Å²) in [6, 6.07) is -0.0915. The second-order valence-corrected chi connectivity index (χ2v) is 8.37. The van der Waals surface area contributed by atoms with Gasteiger partial charge in [-0.05, 0) is 26.2 Å². The summed E-state index contributed by atoms with van der Waals surface area (Å²) in [4.78, 5) is 0. The van der Waals surface area contributed by atoms with Gasteiger partial charge in [-0.15, -0.1) is 0 Å². The van der Waals surface area contributed by atoms with Crippen molar-refractivity contribution in [2.24, 2.45) is 0 Å². The fourth-order valence-corrected chi connectivity index (χ4v) is 4.86. The van der Waals surface area contributed by atoms with Crippen LogP contribution in [0.3, 0.4) is 0 Å². The van der Waals surface area contributed by atoms with Gasteiger partial charge in [-0.25, -0.2) is 13.1 Å². The Bertz CT molecular complexity index is 592. The molecule has 2 heterocycles. The lowest BCUT2D eigenvalue weighted by Crippen LogP contribution is -2.15. The summed E-state index contributed by atoms with van der Waals surface area (Å²) < 4.78 is 25.1. The van der Waals surface area contributed by atoms with Crippen molar-refractivity contribution in [3.05, 3.63) is 11.3 Å².